The van der Waals surface area contributed by atoms with Gasteiger partial charge in [0, 0.05) is 17.3 Å². The van der Waals surface area contributed by atoms with E-state index in [-0.39, 0.29) is 36.6 Å². The standard InChI is InChI=1S/C16H19BrO3/c1-11(18)8-9-16(3,12(2)19)15(20)10-13-4-6-14(17)7-5-13/h4-7H,8-10H2,1-3H3/t16-/m1/s1. The molecule has 0 saturated heterocycles. The Balaban J connectivity index is 2.86. The first-order valence-corrected chi connectivity index (χ1v) is 7.33. The first kappa shape index (κ1) is 16.8. The highest BCUT2D eigenvalue weighted by molar-refractivity contribution is 9.10. The summed E-state index contributed by atoms with van der Waals surface area (Å²) in [6, 6.07) is 7.44. The number of hydrogen-bond acceptors (Lipinski definition) is 3. The van der Waals surface area contributed by atoms with Gasteiger partial charge in [0.05, 0.1) is 5.41 Å². The lowest BCUT2D eigenvalue weighted by molar-refractivity contribution is -0.138. The molecule has 4 heteroatoms. The van der Waals surface area contributed by atoms with Crippen molar-refractivity contribution in [2.45, 2.75) is 40.0 Å². The van der Waals surface area contributed by atoms with Gasteiger partial charge in [0.1, 0.15) is 17.3 Å². The van der Waals surface area contributed by atoms with Crippen LogP contribution in [0.4, 0.5) is 0 Å². The van der Waals surface area contributed by atoms with Gasteiger partial charge in [-0.2, -0.15) is 0 Å². The zero-order chi connectivity index (χ0) is 15.3. The van der Waals surface area contributed by atoms with Gasteiger partial charge in [-0.1, -0.05) is 28.1 Å². The molecule has 0 amide bonds. The first-order chi connectivity index (χ1) is 9.25. The average molecular weight is 339 g/mol. The Morgan fingerprint density at radius 2 is 1.65 bits per heavy atom. The van der Waals surface area contributed by atoms with Gasteiger partial charge < -0.3 is 4.79 Å². The maximum Gasteiger partial charge on any atom is 0.150 e. The van der Waals surface area contributed by atoms with Gasteiger partial charge in [0.25, 0.3) is 0 Å². The molecular weight excluding hydrogens is 320 g/mol. The SMILES string of the molecule is CC(=O)CC[C@](C)(C(C)=O)C(=O)Cc1ccc(Br)cc1. The third-order valence-electron chi connectivity index (χ3n) is 3.65. The number of carbonyl (C=O) groups is 3. The molecule has 0 spiro atoms. The van der Waals surface area contributed by atoms with Crippen molar-refractivity contribution in [3.05, 3.63) is 34.3 Å². The molecule has 108 valence electrons. The summed E-state index contributed by atoms with van der Waals surface area (Å²) in [5, 5.41) is 0. The van der Waals surface area contributed by atoms with E-state index in [0.29, 0.717) is 0 Å². The molecule has 1 atom stereocenters. The van der Waals surface area contributed by atoms with Crippen LogP contribution in [0.5, 0.6) is 0 Å². The van der Waals surface area contributed by atoms with Crippen LogP contribution in [-0.2, 0) is 20.8 Å². The van der Waals surface area contributed by atoms with E-state index in [1.54, 1.807) is 6.92 Å². The Bertz CT molecular complexity index is 519. The molecule has 0 radical (unpaired) electrons. The highest BCUT2D eigenvalue weighted by Crippen LogP contribution is 2.28. The summed E-state index contributed by atoms with van der Waals surface area (Å²) < 4.78 is 0.944. The molecule has 0 unspecified atom stereocenters. The summed E-state index contributed by atoms with van der Waals surface area (Å²) in [6.45, 7) is 4.53. The van der Waals surface area contributed by atoms with Crippen molar-refractivity contribution < 1.29 is 14.4 Å². The highest BCUT2D eigenvalue weighted by Gasteiger charge is 2.37. The lowest BCUT2D eigenvalue weighted by atomic mass is 9.75. The number of Topliss-reactive ketones (excluding diaryl/α,β-unsaturated/α-hetero) is 3. The van der Waals surface area contributed by atoms with E-state index in [1.807, 2.05) is 24.3 Å². The second kappa shape index (κ2) is 6.93. The molecule has 0 fully saturated rings. The molecule has 3 nitrogen and oxygen atoms in total. The number of benzene rings is 1. The van der Waals surface area contributed by atoms with Crippen molar-refractivity contribution in [3.8, 4) is 0 Å². The van der Waals surface area contributed by atoms with Crippen LogP contribution >= 0.6 is 15.9 Å². The summed E-state index contributed by atoms with van der Waals surface area (Å²) in [7, 11) is 0. The van der Waals surface area contributed by atoms with Gasteiger partial charge in [-0.3, -0.25) is 9.59 Å². The van der Waals surface area contributed by atoms with Gasteiger partial charge in [0.2, 0.25) is 0 Å². The van der Waals surface area contributed by atoms with Crippen LogP contribution in [0.3, 0.4) is 0 Å². The van der Waals surface area contributed by atoms with Crippen LogP contribution in [0.25, 0.3) is 0 Å². The number of ketones is 3. The van der Waals surface area contributed by atoms with Crippen molar-refractivity contribution in [1.29, 1.82) is 0 Å². The number of halogens is 1. The fourth-order valence-corrected chi connectivity index (χ4v) is 2.18. The van der Waals surface area contributed by atoms with Crippen molar-refractivity contribution in [2.75, 3.05) is 0 Å². The first-order valence-electron chi connectivity index (χ1n) is 6.54. The van der Waals surface area contributed by atoms with Crippen LogP contribution < -0.4 is 0 Å². The fraction of sp³-hybridized carbons (Fsp3) is 0.438. The summed E-state index contributed by atoms with van der Waals surface area (Å²) in [5.74, 6) is -0.316. The molecule has 0 saturated carbocycles. The van der Waals surface area contributed by atoms with E-state index < -0.39 is 5.41 Å². The molecule has 0 bridgehead atoms. The van der Waals surface area contributed by atoms with Crippen molar-refractivity contribution in [3.63, 3.8) is 0 Å². The minimum atomic E-state index is -1.07. The van der Waals surface area contributed by atoms with Gasteiger partial charge >= 0.3 is 0 Å². The summed E-state index contributed by atoms with van der Waals surface area (Å²) in [4.78, 5) is 35.4. The lowest BCUT2D eigenvalue weighted by Crippen LogP contribution is -2.36. The monoisotopic (exact) mass is 338 g/mol. The summed E-state index contributed by atoms with van der Waals surface area (Å²) in [5.41, 5.74) is -0.202. The van der Waals surface area contributed by atoms with Crippen molar-refractivity contribution >= 4 is 33.3 Å². The molecule has 0 aromatic heterocycles. The van der Waals surface area contributed by atoms with E-state index in [4.69, 9.17) is 0 Å². The Labute approximate surface area is 127 Å². The Morgan fingerprint density at radius 3 is 2.10 bits per heavy atom. The Kier molecular flexibility index (Phi) is 5.81. The molecule has 0 N–H and O–H groups in total. The second-order valence-corrected chi connectivity index (χ2v) is 6.23. The predicted octanol–water partition coefficient (Wildman–Crippen LogP) is 3.53. The van der Waals surface area contributed by atoms with Crippen LogP contribution in [0.15, 0.2) is 28.7 Å². The molecule has 20 heavy (non-hydrogen) atoms. The summed E-state index contributed by atoms with van der Waals surface area (Å²) in [6.07, 6.45) is 0.746. The van der Waals surface area contributed by atoms with E-state index in [0.717, 1.165) is 10.0 Å². The minimum absolute atomic E-state index is 0.00563. The van der Waals surface area contributed by atoms with Gasteiger partial charge in [0.15, 0.2) is 0 Å². The number of hydrogen-bond donors (Lipinski definition) is 0. The maximum atomic E-state index is 12.4. The normalized spacial score (nSPS) is 13.6. The number of rotatable bonds is 7. The molecule has 0 aliphatic heterocycles. The van der Waals surface area contributed by atoms with Crippen LogP contribution in [0, 0.1) is 5.41 Å². The van der Waals surface area contributed by atoms with Gasteiger partial charge in [-0.25, -0.2) is 0 Å². The molecule has 1 aromatic rings. The lowest BCUT2D eigenvalue weighted by Gasteiger charge is -2.24. The molecule has 1 rings (SSSR count). The fourth-order valence-electron chi connectivity index (χ4n) is 1.92. The van der Waals surface area contributed by atoms with Crippen LogP contribution in [0.1, 0.15) is 39.2 Å². The molecule has 1 aromatic carbocycles. The smallest absolute Gasteiger partial charge is 0.150 e. The third kappa shape index (κ3) is 4.37. The zero-order valence-corrected chi connectivity index (χ0v) is 13.6. The minimum Gasteiger partial charge on any atom is -0.300 e. The second-order valence-electron chi connectivity index (χ2n) is 5.32. The van der Waals surface area contributed by atoms with Crippen molar-refractivity contribution in [1.82, 2.24) is 0 Å². The molecule has 0 aliphatic carbocycles. The van der Waals surface area contributed by atoms with E-state index in [9.17, 15) is 14.4 Å². The average Bonchev–Trinajstić information content (AvgIpc) is 2.38. The van der Waals surface area contributed by atoms with E-state index in [2.05, 4.69) is 15.9 Å². The molecule has 0 aliphatic rings. The maximum absolute atomic E-state index is 12.4. The predicted molar refractivity (Wildman–Crippen MR) is 81.6 cm³/mol. The molecular formula is C16H19BrO3. The number of carbonyl (C=O) groups excluding carboxylic acids is 3. The third-order valence-corrected chi connectivity index (χ3v) is 4.18. The Hall–Kier alpha value is -1.29. The zero-order valence-electron chi connectivity index (χ0n) is 12.0. The largest absolute Gasteiger partial charge is 0.300 e. The molecule has 0 heterocycles. The van der Waals surface area contributed by atoms with Gasteiger partial charge in [-0.05, 0) is 44.9 Å². The summed E-state index contributed by atoms with van der Waals surface area (Å²) >= 11 is 3.34. The topological polar surface area (TPSA) is 51.2 Å². The quantitative estimate of drug-likeness (QED) is 0.714. The highest BCUT2D eigenvalue weighted by atomic mass is 79.9. The van der Waals surface area contributed by atoms with E-state index >= 15 is 0 Å². The van der Waals surface area contributed by atoms with Gasteiger partial charge in [-0.15, -0.1) is 0 Å². The van der Waals surface area contributed by atoms with E-state index in [1.165, 1.54) is 13.8 Å². The Morgan fingerprint density at radius 1 is 1.10 bits per heavy atom. The van der Waals surface area contributed by atoms with Crippen LogP contribution in [0.2, 0.25) is 0 Å². The van der Waals surface area contributed by atoms with Crippen LogP contribution in [-0.4, -0.2) is 17.3 Å². The van der Waals surface area contributed by atoms with Crippen molar-refractivity contribution in [2.24, 2.45) is 5.41 Å².